The van der Waals surface area contributed by atoms with E-state index in [4.69, 9.17) is 0 Å². The van der Waals surface area contributed by atoms with Crippen LogP contribution in [0.4, 0.5) is 0 Å². The normalized spacial score (nSPS) is 12.5. The molecule has 0 bridgehead atoms. The third-order valence-electron chi connectivity index (χ3n) is 3.19. The molecule has 21 heavy (non-hydrogen) atoms. The highest BCUT2D eigenvalue weighted by Crippen LogP contribution is 2.15. The molecule has 2 aromatic heterocycles. The van der Waals surface area contributed by atoms with E-state index in [0.717, 1.165) is 5.56 Å². The van der Waals surface area contributed by atoms with Gasteiger partial charge in [0.25, 0.3) is 0 Å². The maximum absolute atomic E-state index is 11.3. The molecule has 0 aliphatic heterocycles. The molecule has 1 unspecified atom stereocenters. The summed E-state index contributed by atoms with van der Waals surface area (Å²) >= 11 is 0. The maximum Gasteiger partial charge on any atom is 0.308 e. The van der Waals surface area contributed by atoms with E-state index in [2.05, 4.69) is 20.5 Å². The summed E-state index contributed by atoms with van der Waals surface area (Å²) in [6, 6.07) is 3.79. The Bertz CT molecular complexity index is 582. The average molecular weight is 289 g/mol. The number of nitrogens with zero attached hydrogens (tertiary/aromatic N) is 5. The molecule has 7 heteroatoms. The highest BCUT2D eigenvalue weighted by molar-refractivity contribution is 5.69. The van der Waals surface area contributed by atoms with Crippen LogP contribution in [0.1, 0.15) is 31.7 Å². The number of rotatable bonds is 7. The van der Waals surface area contributed by atoms with Gasteiger partial charge in [-0.05, 0) is 34.4 Å². The highest BCUT2D eigenvalue weighted by atomic mass is 16.4. The van der Waals surface area contributed by atoms with Gasteiger partial charge in [-0.15, -0.1) is 5.10 Å². The van der Waals surface area contributed by atoms with E-state index in [1.165, 1.54) is 0 Å². The summed E-state index contributed by atoms with van der Waals surface area (Å²) in [6.45, 7) is 4.30. The van der Waals surface area contributed by atoms with Crippen LogP contribution < -0.4 is 0 Å². The number of carbonyl (C=O) groups is 1. The first-order valence-corrected chi connectivity index (χ1v) is 6.93. The Morgan fingerprint density at radius 2 is 2.24 bits per heavy atom. The van der Waals surface area contributed by atoms with Crippen molar-refractivity contribution in [2.45, 2.75) is 33.2 Å². The largest absolute Gasteiger partial charge is 0.481 e. The lowest BCUT2D eigenvalue weighted by Crippen LogP contribution is -2.23. The highest BCUT2D eigenvalue weighted by Gasteiger charge is 2.21. The lowest BCUT2D eigenvalue weighted by atomic mass is 9.97. The van der Waals surface area contributed by atoms with Crippen LogP contribution in [0.25, 0.3) is 0 Å². The zero-order valence-electron chi connectivity index (χ0n) is 12.2. The molecule has 0 spiro atoms. The Balaban J connectivity index is 2.10. The van der Waals surface area contributed by atoms with Crippen LogP contribution in [0.15, 0.2) is 24.5 Å². The van der Waals surface area contributed by atoms with Crippen LogP contribution in [-0.2, 0) is 17.8 Å². The molecule has 2 heterocycles. The Labute approximate surface area is 123 Å². The fraction of sp³-hybridized carbons (Fsp3) is 0.500. The maximum atomic E-state index is 11.3. The molecule has 1 atom stereocenters. The quantitative estimate of drug-likeness (QED) is 0.828. The molecule has 2 aromatic rings. The standard InChI is InChI=1S/C14H19N5O2/c1-10(2)6-12(14(20)21)9-19-13(16-17-18-19)7-11-4-3-5-15-8-11/h3-5,8,10,12H,6-7,9H2,1-2H3,(H,20,21). The third kappa shape index (κ3) is 4.34. The molecule has 0 amide bonds. The zero-order chi connectivity index (χ0) is 15.2. The summed E-state index contributed by atoms with van der Waals surface area (Å²) in [4.78, 5) is 15.4. The van der Waals surface area contributed by atoms with E-state index < -0.39 is 11.9 Å². The van der Waals surface area contributed by atoms with E-state index in [9.17, 15) is 9.90 Å². The first-order chi connectivity index (χ1) is 10.1. The van der Waals surface area contributed by atoms with E-state index >= 15 is 0 Å². The SMILES string of the molecule is CC(C)CC(Cn1nnnc1Cc1cccnc1)C(=O)O. The molecule has 112 valence electrons. The van der Waals surface area contributed by atoms with Crippen molar-refractivity contribution in [1.82, 2.24) is 25.2 Å². The van der Waals surface area contributed by atoms with Crippen LogP contribution >= 0.6 is 0 Å². The second-order valence-corrected chi connectivity index (χ2v) is 5.48. The van der Waals surface area contributed by atoms with Gasteiger partial charge in [-0.25, -0.2) is 4.68 Å². The number of aliphatic carboxylic acids is 1. The van der Waals surface area contributed by atoms with Crippen molar-refractivity contribution >= 4 is 5.97 Å². The number of hydrogen-bond donors (Lipinski definition) is 1. The second-order valence-electron chi connectivity index (χ2n) is 5.48. The Morgan fingerprint density at radius 1 is 1.43 bits per heavy atom. The fourth-order valence-electron chi connectivity index (χ4n) is 2.21. The van der Waals surface area contributed by atoms with Crippen LogP contribution in [0.5, 0.6) is 0 Å². The smallest absolute Gasteiger partial charge is 0.308 e. The van der Waals surface area contributed by atoms with Gasteiger partial charge in [0.05, 0.1) is 12.5 Å². The van der Waals surface area contributed by atoms with Crippen molar-refractivity contribution in [2.24, 2.45) is 11.8 Å². The van der Waals surface area contributed by atoms with Gasteiger partial charge in [0.15, 0.2) is 5.82 Å². The average Bonchev–Trinajstić information content (AvgIpc) is 2.86. The van der Waals surface area contributed by atoms with Crippen LogP contribution in [0.2, 0.25) is 0 Å². The van der Waals surface area contributed by atoms with E-state index in [1.807, 2.05) is 26.0 Å². The number of aromatic nitrogens is 5. The van der Waals surface area contributed by atoms with Crippen LogP contribution in [0.3, 0.4) is 0 Å². The summed E-state index contributed by atoms with van der Waals surface area (Å²) in [7, 11) is 0. The number of hydrogen-bond acceptors (Lipinski definition) is 5. The summed E-state index contributed by atoms with van der Waals surface area (Å²) < 4.78 is 1.58. The van der Waals surface area contributed by atoms with Gasteiger partial charge in [0.1, 0.15) is 0 Å². The van der Waals surface area contributed by atoms with Gasteiger partial charge in [-0.1, -0.05) is 19.9 Å². The van der Waals surface area contributed by atoms with Crippen LogP contribution in [-0.4, -0.2) is 36.3 Å². The molecule has 1 N–H and O–H groups in total. The third-order valence-corrected chi connectivity index (χ3v) is 3.19. The minimum atomic E-state index is -0.813. The lowest BCUT2D eigenvalue weighted by Gasteiger charge is -2.15. The second kappa shape index (κ2) is 6.92. The lowest BCUT2D eigenvalue weighted by molar-refractivity contribution is -0.142. The summed E-state index contributed by atoms with van der Waals surface area (Å²) in [6.07, 6.45) is 4.59. The molecule has 0 aliphatic carbocycles. The molecular formula is C14H19N5O2. The molecule has 0 saturated carbocycles. The van der Waals surface area contributed by atoms with Gasteiger partial charge in [-0.2, -0.15) is 0 Å². The van der Waals surface area contributed by atoms with Crippen LogP contribution in [0, 0.1) is 11.8 Å². The molecule has 0 aliphatic rings. The fourth-order valence-corrected chi connectivity index (χ4v) is 2.21. The number of pyridine rings is 1. The Kier molecular flexibility index (Phi) is 4.97. The topological polar surface area (TPSA) is 93.8 Å². The minimum Gasteiger partial charge on any atom is -0.481 e. The predicted molar refractivity (Wildman–Crippen MR) is 75.4 cm³/mol. The number of carboxylic acid groups (broad SMARTS) is 1. The Morgan fingerprint density at radius 3 is 2.86 bits per heavy atom. The molecular weight excluding hydrogens is 270 g/mol. The monoisotopic (exact) mass is 289 g/mol. The van der Waals surface area contributed by atoms with Gasteiger partial charge in [-0.3, -0.25) is 9.78 Å². The molecule has 0 radical (unpaired) electrons. The predicted octanol–water partition coefficient (Wildman–Crippen LogP) is 1.41. The van der Waals surface area contributed by atoms with E-state index in [-0.39, 0.29) is 6.54 Å². The first-order valence-electron chi connectivity index (χ1n) is 6.93. The summed E-state index contributed by atoms with van der Waals surface area (Å²) in [5.41, 5.74) is 0.990. The number of carboxylic acids is 1. The summed E-state index contributed by atoms with van der Waals surface area (Å²) in [5, 5.41) is 20.9. The first kappa shape index (κ1) is 15.1. The summed E-state index contributed by atoms with van der Waals surface area (Å²) in [5.74, 6) is -0.338. The molecule has 0 fully saturated rings. The molecule has 2 rings (SSSR count). The van der Waals surface area contributed by atoms with Crippen molar-refractivity contribution in [3.63, 3.8) is 0 Å². The van der Waals surface area contributed by atoms with Crippen molar-refractivity contribution in [1.29, 1.82) is 0 Å². The molecule has 0 saturated heterocycles. The van der Waals surface area contributed by atoms with Crippen molar-refractivity contribution < 1.29 is 9.90 Å². The van der Waals surface area contributed by atoms with Gasteiger partial charge >= 0.3 is 5.97 Å². The van der Waals surface area contributed by atoms with Gasteiger partial charge < -0.3 is 5.11 Å². The van der Waals surface area contributed by atoms with Crippen molar-refractivity contribution in [3.8, 4) is 0 Å². The molecule has 0 aromatic carbocycles. The zero-order valence-corrected chi connectivity index (χ0v) is 12.2. The van der Waals surface area contributed by atoms with E-state index in [1.54, 1.807) is 17.1 Å². The number of tetrazole rings is 1. The Hall–Kier alpha value is -2.31. The van der Waals surface area contributed by atoms with Crippen molar-refractivity contribution in [3.05, 3.63) is 35.9 Å². The molecule has 7 nitrogen and oxygen atoms in total. The van der Waals surface area contributed by atoms with Gasteiger partial charge in [0.2, 0.25) is 0 Å². The van der Waals surface area contributed by atoms with Gasteiger partial charge in [0, 0.05) is 18.8 Å². The van der Waals surface area contributed by atoms with Crippen molar-refractivity contribution in [2.75, 3.05) is 0 Å². The van der Waals surface area contributed by atoms with E-state index in [0.29, 0.717) is 24.6 Å². The minimum absolute atomic E-state index is 0.288.